The van der Waals surface area contributed by atoms with Crippen LogP contribution in [0.1, 0.15) is 19.8 Å². The van der Waals surface area contributed by atoms with Crippen LogP contribution in [0.2, 0.25) is 0 Å². The number of rotatable bonds is 8. The van der Waals surface area contributed by atoms with Crippen LogP contribution in [0, 0.1) is 0 Å². The lowest BCUT2D eigenvalue weighted by atomic mass is 10.1. The number of nitrogens with zero attached hydrogens (tertiary/aromatic N) is 2. The average Bonchev–Trinajstić information content (AvgIpc) is 2.89. The molecule has 6 heteroatoms. The topological polar surface area (TPSA) is 64.0 Å². The van der Waals surface area contributed by atoms with Crippen LogP contribution in [-0.2, 0) is 16.4 Å². The second kappa shape index (κ2) is 7.04. The minimum absolute atomic E-state index is 0.226. The summed E-state index contributed by atoms with van der Waals surface area (Å²) >= 11 is 0. The number of likely N-dealkylation sites (N-methyl/N-ethyl adjacent to an activating group) is 1. The van der Waals surface area contributed by atoms with E-state index < -0.39 is 9.84 Å². The highest BCUT2D eigenvalue weighted by molar-refractivity contribution is 7.91. The van der Waals surface area contributed by atoms with Gasteiger partial charge in [-0.25, -0.2) is 13.4 Å². The first-order valence-corrected chi connectivity index (χ1v) is 9.15. The van der Waals surface area contributed by atoms with Crippen molar-refractivity contribution in [1.82, 2.24) is 14.9 Å². The van der Waals surface area contributed by atoms with Crippen LogP contribution in [0.25, 0.3) is 11.0 Å². The number of imidazole rings is 1. The molecule has 1 unspecified atom stereocenters. The molecule has 1 N–H and O–H groups in total. The molecule has 2 aromatic rings. The summed E-state index contributed by atoms with van der Waals surface area (Å²) in [5, 5.41) is 3.27. The molecular formula is C15H23N3O2S. The van der Waals surface area contributed by atoms with Gasteiger partial charge in [0.15, 0.2) is 0 Å². The molecule has 0 aliphatic rings. The SMILES string of the molecule is CCS(=O)(=O)CCCC(Cn1cnc2ccccc21)NC. The Labute approximate surface area is 126 Å². The highest BCUT2D eigenvalue weighted by Crippen LogP contribution is 2.13. The first kappa shape index (κ1) is 16.0. The first-order chi connectivity index (χ1) is 10.1. The lowest BCUT2D eigenvalue weighted by molar-refractivity contribution is 0.454. The molecular weight excluding hydrogens is 286 g/mol. The number of sulfone groups is 1. The van der Waals surface area contributed by atoms with Crippen molar-refractivity contribution in [1.29, 1.82) is 0 Å². The van der Waals surface area contributed by atoms with Crippen molar-refractivity contribution in [2.75, 3.05) is 18.6 Å². The first-order valence-electron chi connectivity index (χ1n) is 7.33. The van der Waals surface area contributed by atoms with Crippen molar-refractivity contribution in [3.63, 3.8) is 0 Å². The minimum Gasteiger partial charge on any atom is -0.329 e. The Morgan fingerprint density at radius 1 is 1.33 bits per heavy atom. The molecule has 1 aromatic carbocycles. The van der Waals surface area contributed by atoms with Gasteiger partial charge in [0, 0.05) is 18.3 Å². The van der Waals surface area contributed by atoms with Crippen molar-refractivity contribution < 1.29 is 8.42 Å². The van der Waals surface area contributed by atoms with Crippen LogP contribution in [0.5, 0.6) is 0 Å². The van der Waals surface area contributed by atoms with Crippen LogP contribution in [0.4, 0.5) is 0 Å². The molecule has 0 saturated heterocycles. The van der Waals surface area contributed by atoms with Gasteiger partial charge in [-0.2, -0.15) is 0 Å². The van der Waals surface area contributed by atoms with Gasteiger partial charge in [0.2, 0.25) is 0 Å². The number of aromatic nitrogens is 2. The van der Waals surface area contributed by atoms with Gasteiger partial charge in [-0.1, -0.05) is 19.1 Å². The maximum absolute atomic E-state index is 11.5. The van der Waals surface area contributed by atoms with Gasteiger partial charge in [-0.15, -0.1) is 0 Å². The standard InChI is InChI=1S/C15H23N3O2S/c1-3-21(19,20)10-6-7-13(16-2)11-18-12-17-14-8-4-5-9-15(14)18/h4-5,8-9,12-13,16H,3,6-7,10-11H2,1-2H3. The molecule has 0 aliphatic carbocycles. The Balaban J connectivity index is 1.96. The van der Waals surface area contributed by atoms with E-state index in [0.717, 1.165) is 24.0 Å². The van der Waals surface area contributed by atoms with E-state index in [1.54, 1.807) is 6.92 Å². The Hall–Kier alpha value is -1.40. The van der Waals surface area contributed by atoms with Gasteiger partial charge in [-0.3, -0.25) is 0 Å². The van der Waals surface area contributed by atoms with Gasteiger partial charge in [0.25, 0.3) is 0 Å². The zero-order valence-electron chi connectivity index (χ0n) is 12.6. The largest absolute Gasteiger partial charge is 0.329 e. The summed E-state index contributed by atoms with van der Waals surface area (Å²) in [6.07, 6.45) is 3.37. The fourth-order valence-corrected chi connectivity index (χ4v) is 3.31. The number of nitrogens with one attached hydrogen (secondary N) is 1. The van der Waals surface area contributed by atoms with E-state index >= 15 is 0 Å². The monoisotopic (exact) mass is 309 g/mol. The predicted molar refractivity (Wildman–Crippen MR) is 86.1 cm³/mol. The summed E-state index contributed by atoms with van der Waals surface area (Å²) in [6, 6.07) is 8.27. The van der Waals surface area contributed by atoms with E-state index in [1.807, 2.05) is 31.6 Å². The lowest BCUT2D eigenvalue weighted by Crippen LogP contribution is -2.30. The van der Waals surface area contributed by atoms with Crippen LogP contribution < -0.4 is 5.32 Å². The van der Waals surface area contributed by atoms with Crippen LogP contribution in [0.15, 0.2) is 30.6 Å². The Kier molecular flexibility index (Phi) is 5.36. The minimum atomic E-state index is -2.87. The molecule has 1 heterocycles. The predicted octanol–water partition coefficient (Wildman–Crippen LogP) is 1.84. The van der Waals surface area contributed by atoms with Gasteiger partial charge in [0.1, 0.15) is 9.84 Å². The third kappa shape index (κ3) is 4.28. The Morgan fingerprint density at radius 3 is 2.81 bits per heavy atom. The van der Waals surface area contributed by atoms with Crippen molar-refractivity contribution in [2.45, 2.75) is 32.4 Å². The quantitative estimate of drug-likeness (QED) is 0.808. The molecule has 0 fully saturated rings. The third-order valence-electron chi connectivity index (χ3n) is 3.80. The van der Waals surface area contributed by atoms with Gasteiger partial charge in [0.05, 0.1) is 23.1 Å². The zero-order chi connectivity index (χ0) is 15.3. The fourth-order valence-electron chi connectivity index (χ4n) is 2.41. The molecule has 0 aliphatic heterocycles. The number of hydrogen-bond donors (Lipinski definition) is 1. The van der Waals surface area contributed by atoms with Crippen molar-refractivity contribution in [3.05, 3.63) is 30.6 Å². The molecule has 0 amide bonds. The number of para-hydroxylation sites is 2. The van der Waals surface area contributed by atoms with E-state index in [1.165, 1.54) is 0 Å². The van der Waals surface area contributed by atoms with Gasteiger partial charge >= 0.3 is 0 Å². The fraction of sp³-hybridized carbons (Fsp3) is 0.533. The zero-order valence-corrected chi connectivity index (χ0v) is 13.4. The van der Waals surface area contributed by atoms with E-state index in [9.17, 15) is 8.42 Å². The number of hydrogen-bond acceptors (Lipinski definition) is 4. The Bertz CT molecular complexity index is 679. The van der Waals surface area contributed by atoms with Gasteiger partial charge < -0.3 is 9.88 Å². The maximum atomic E-state index is 11.5. The van der Waals surface area contributed by atoms with E-state index in [4.69, 9.17) is 0 Å². The second-order valence-electron chi connectivity index (χ2n) is 5.25. The molecule has 0 saturated carbocycles. The highest BCUT2D eigenvalue weighted by atomic mass is 32.2. The summed E-state index contributed by atoms with van der Waals surface area (Å²) in [4.78, 5) is 4.38. The summed E-state index contributed by atoms with van der Waals surface area (Å²) < 4.78 is 25.2. The van der Waals surface area contributed by atoms with Crippen LogP contribution in [0.3, 0.4) is 0 Å². The van der Waals surface area contributed by atoms with Gasteiger partial charge in [-0.05, 0) is 32.0 Å². The molecule has 5 nitrogen and oxygen atoms in total. The highest BCUT2D eigenvalue weighted by Gasteiger charge is 2.12. The van der Waals surface area contributed by atoms with Crippen molar-refractivity contribution in [3.8, 4) is 0 Å². The molecule has 0 radical (unpaired) electrons. The van der Waals surface area contributed by atoms with E-state index in [0.29, 0.717) is 6.42 Å². The maximum Gasteiger partial charge on any atom is 0.150 e. The molecule has 2 rings (SSSR count). The van der Waals surface area contributed by atoms with E-state index in [2.05, 4.69) is 20.9 Å². The molecule has 0 spiro atoms. The van der Waals surface area contributed by atoms with Crippen LogP contribution >= 0.6 is 0 Å². The molecule has 1 aromatic heterocycles. The Morgan fingerprint density at radius 2 is 2.10 bits per heavy atom. The molecule has 0 bridgehead atoms. The smallest absolute Gasteiger partial charge is 0.150 e. The summed E-state index contributed by atoms with van der Waals surface area (Å²) in [7, 11) is -0.952. The third-order valence-corrected chi connectivity index (χ3v) is 5.59. The molecule has 1 atom stereocenters. The van der Waals surface area contributed by atoms with Crippen molar-refractivity contribution in [2.24, 2.45) is 0 Å². The summed E-state index contributed by atoms with van der Waals surface area (Å²) in [6.45, 7) is 2.49. The normalized spacial score (nSPS) is 13.6. The summed E-state index contributed by atoms with van der Waals surface area (Å²) in [5.74, 6) is 0.496. The second-order valence-corrected chi connectivity index (χ2v) is 7.72. The summed E-state index contributed by atoms with van der Waals surface area (Å²) in [5.41, 5.74) is 2.10. The van der Waals surface area contributed by atoms with E-state index in [-0.39, 0.29) is 17.5 Å². The number of benzene rings is 1. The lowest BCUT2D eigenvalue weighted by Gasteiger charge is -2.17. The number of fused-ring (bicyclic) bond motifs is 1. The average molecular weight is 309 g/mol. The van der Waals surface area contributed by atoms with Crippen molar-refractivity contribution >= 4 is 20.9 Å². The van der Waals surface area contributed by atoms with Crippen LogP contribution in [-0.4, -0.2) is 42.6 Å². The molecule has 21 heavy (non-hydrogen) atoms. The molecule has 116 valence electrons.